The first-order valence-corrected chi connectivity index (χ1v) is 12.1. The lowest BCUT2D eigenvalue weighted by atomic mass is 9.86. The summed E-state index contributed by atoms with van der Waals surface area (Å²) < 4.78 is 38.1. The number of carbonyl (C=O) groups excluding carboxylic acids is 2. The largest absolute Gasteiger partial charge is 0.503 e. The molecular weight excluding hydrogens is 480 g/mol. The molecule has 2 aromatic carbocycles. The summed E-state index contributed by atoms with van der Waals surface area (Å²) in [6, 6.07) is 13.1. The van der Waals surface area contributed by atoms with Crippen LogP contribution in [0.15, 0.2) is 60.8 Å². The number of pyridine rings is 1. The van der Waals surface area contributed by atoms with E-state index in [1.54, 1.807) is 31.2 Å². The number of hydrogen-bond acceptors (Lipinski definition) is 6. The molecule has 0 saturated carbocycles. The molecule has 0 spiro atoms. The van der Waals surface area contributed by atoms with E-state index in [2.05, 4.69) is 4.98 Å². The molecule has 0 aliphatic heterocycles. The van der Waals surface area contributed by atoms with E-state index < -0.39 is 41.3 Å². The van der Waals surface area contributed by atoms with Gasteiger partial charge in [0.05, 0.1) is 13.0 Å². The third-order valence-corrected chi connectivity index (χ3v) is 6.12. The molecular formula is C29H31F2NO5. The van der Waals surface area contributed by atoms with Crippen LogP contribution in [-0.2, 0) is 9.53 Å². The summed E-state index contributed by atoms with van der Waals surface area (Å²) in [4.78, 5) is 30.3. The molecule has 0 unspecified atom stereocenters. The summed E-state index contributed by atoms with van der Waals surface area (Å²) >= 11 is 0. The van der Waals surface area contributed by atoms with Crippen molar-refractivity contribution in [3.8, 4) is 11.5 Å². The van der Waals surface area contributed by atoms with E-state index in [4.69, 9.17) is 9.47 Å². The van der Waals surface area contributed by atoms with Gasteiger partial charge in [0, 0.05) is 24.6 Å². The number of aromatic hydroxyl groups is 1. The molecule has 196 valence electrons. The van der Waals surface area contributed by atoms with E-state index in [9.17, 15) is 23.5 Å². The van der Waals surface area contributed by atoms with Crippen molar-refractivity contribution in [2.45, 2.75) is 45.6 Å². The Bertz CT molecular complexity index is 1170. The SMILES string of the molecule is COc1ccnc(C(=O)C[C@@H](CC(C)C)C(=O)O[C@@H](C)C(c2ccc(F)cc2)c2ccc(F)cc2)c1O. The predicted molar refractivity (Wildman–Crippen MR) is 135 cm³/mol. The number of esters is 1. The molecule has 6 nitrogen and oxygen atoms in total. The first-order valence-electron chi connectivity index (χ1n) is 12.1. The Hall–Kier alpha value is -3.81. The van der Waals surface area contributed by atoms with Crippen LogP contribution in [0.3, 0.4) is 0 Å². The van der Waals surface area contributed by atoms with Crippen LogP contribution < -0.4 is 4.74 Å². The number of rotatable bonds is 11. The fourth-order valence-electron chi connectivity index (χ4n) is 4.38. The molecule has 37 heavy (non-hydrogen) atoms. The summed E-state index contributed by atoms with van der Waals surface area (Å²) in [5, 5.41) is 10.3. The molecule has 2 atom stereocenters. The zero-order valence-electron chi connectivity index (χ0n) is 21.3. The van der Waals surface area contributed by atoms with Gasteiger partial charge in [-0.2, -0.15) is 0 Å². The molecule has 0 aliphatic rings. The average Bonchev–Trinajstić information content (AvgIpc) is 2.86. The number of hydrogen-bond donors (Lipinski definition) is 1. The lowest BCUT2D eigenvalue weighted by Crippen LogP contribution is -2.30. The molecule has 1 aromatic heterocycles. The number of ketones is 1. The quantitative estimate of drug-likeness (QED) is 0.248. The minimum absolute atomic E-state index is 0.0810. The Labute approximate surface area is 215 Å². The van der Waals surface area contributed by atoms with E-state index in [1.807, 2.05) is 13.8 Å². The third kappa shape index (κ3) is 7.12. The summed E-state index contributed by atoms with van der Waals surface area (Å²) in [6.07, 6.45) is 0.797. The molecule has 0 radical (unpaired) electrons. The first-order chi connectivity index (χ1) is 17.6. The van der Waals surface area contributed by atoms with Gasteiger partial charge in [-0.3, -0.25) is 9.59 Å². The molecule has 3 rings (SSSR count). The van der Waals surface area contributed by atoms with Gasteiger partial charge < -0.3 is 14.6 Å². The van der Waals surface area contributed by atoms with Crippen LogP contribution in [0.4, 0.5) is 8.78 Å². The van der Waals surface area contributed by atoms with Gasteiger partial charge >= 0.3 is 5.97 Å². The van der Waals surface area contributed by atoms with Gasteiger partial charge in [-0.05, 0) is 54.7 Å². The van der Waals surface area contributed by atoms with E-state index >= 15 is 0 Å². The van der Waals surface area contributed by atoms with Crippen molar-refractivity contribution in [2.75, 3.05) is 7.11 Å². The maximum absolute atomic E-state index is 13.6. The third-order valence-electron chi connectivity index (χ3n) is 6.12. The number of carbonyl (C=O) groups is 2. The van der Waals surface area contributed by atoms with E-state index in [1.165, 1.54) is 43.6 Å². The minimum atomic E-state index is -0.788. The Morgan fingerprint density at radius 2 is 1.46 bits per heavy atom. The van der Waals surface area contributed by atoms with Gasteiger partial charge in [-0.1, -0.05) is 38.1 Å². The Balaban J connectivity index is 1.85. The summed E-state index contributed by atoms with van der Waals surface area (Å²) in [6.45, 7) is 5.56. The van der Waals surface area contributed by atoms with Gasteiger partial charge in [0.25, 0.3) is 0 Å². The van der Waals surface area contributed by atoms with Crippen molar-refractivity contribution in [2.24, 2.45) is 11.8 Å². The van der Waals surface area contributed by atoms with Crippen LogP contribution in [0, 0.1) is 23.5 Å². The highest BCUT2D eigenvalue weighted by Gasteiger charge is 2.31. The van der Waals surface area contributed by atoms with E-state index in [0.717, 1.165) is 0 Å². The number of Topliss-reactive ketones (excluding diaryl/α,β-unsaturated/α-hetero) is 1. The van der Waals surface area contributed by atoms with Crippen molar-refractivity contribution < 1.29 is 33.0 Å². The molecule has 0 fully saturated rings. The van der Waals surface area contributed by atoms with Gasteiger partial charge in [-0.15, -0.1) is 0 Å². The van der Waals surface area contributed by atoms with Crippen LogP contribution in [0.25, 0.3) is 0 Å². The zero-order valence-corrected chi connectivity index (χ0v) is 21.3. The maximum atomic E-state index is 13.6. The Kier molecular flexibility index (Phi) is 9.33. The highest BCUT2D eigenvalue weighted by Crippen LogP contribution is 2.33. The van der Waals surface area contributed by atoms with Gasteiger partial charge in [0.15, 0.2) is 23.0 Å². The second kappa shape index (κ2) is 12.4. The number of methoxy groups -OCH3 is 1. The molecule has 1 heterocycles. The van der Waals surface area contributed by atoms with Crippen LogP contribution in [-0.4, -0.2) is 35.1 Å². The van der Waals surface area contributed by atoms with Crippen LogP contribution >= 0.6 is 0 Å². The first kappa shape index (κ1) is 27.8. The standard InChI is InChI=1S/C29H31F2NO5/c1-17(2)15-21(16-24(33)27-28(34)25(36-4)13-14-32-27)29(35)37-18(3)26(19-5-9-22(30)10-6-19)20-7-11-23(31)12-8-20/h5-14,17-18,21,26,34H,15-16H2,1-4H3/t18-,21+/m0/s1. The number of nitrogens with zero attached hydrogens (tertiary/aromatic N) is 1. The topological polar surface area (TPSA) is 85.7 Å². The predicted octanol–water partition coefficient (Wildman–Crippen LogP) is 6.07. The Morgan fingerprint density at radius 3 is 1.95 bits per heavy atom. The fraction of sp³-hybridized carbons (Fsp3) is 0.345. The van der Waals surface area contributed by atoms with Gasteiger partial charge in [0.2, 0.25) is 0 Å². The molecule has 1 N–H and O–H groups in total. The van der Waals surface area contributed by atoms with Crippen LogP contribution in [0.1, 0.15) is 61.1 Å². The normalized spacial score (nSPS) is 12.9. The molecule has 0 aliphatic carbocycles. The minimum Gasteiger partial charge on any atom is -0.503 e. The molecule has 0 saturated heterocycles. The number of aromatic nitrogens is 1. The maximum Gasteiger partial charge on any atom is 0.309 e. The van der Waals surface area contributed by atoms with Gasteiger partial charge in [-0.25, -0.2) is 13.8 Å². The van der Waals surface area contributed by atoms with Crippen molar-refractivity contribution >= 4 is 11.8 Å². The fourth-order valence-corrected chi connectivity index (χ4v) is 4.38. The van der Waals surface area contributed by atoms with Crippen molar-refractivity contribution in [1.29, 1.82) is 0 Å². The Morgan fingerprint density at radius 1 is 0.919 bits per heavy atom. The number of ether oxygens (including phenoxy) is 2. The van der Waals surface area contributed by atoms with Crippen LogP contribution in [0.2, 0.25) is 0 Å². The molecule has 0 bridgehead atoms. The second-order valence-electron chi connectivity index (χ2n) is 9.39. The van der Waals surface area contributed by atoms with Crippen molar-refractivity contribution in [1.82, 2.24) is 4.98 Å². The van der Waals surface area contributed by atoms with Crippen LogP contribution in [0.5, 0.6) is 11.5 Å². The molecule has 3 aromatic rings. The average molecular weight is 512 g/mol. The second-order valence-corrected chi connectivity index (χ2v) is 9.39. The van der Waals surface area contributed by atoms with E-state index in [0.29, 0.717) is 17.5 Å². The highest BCUT2D eigenvalue weighted by atomic mass is 19.1. The smallest absolute Gasteiger partial charge is 0.309 e. The van der Waals surface area contributed by atoms with E-state index in [-0.39, 0.29) is 29.5 Å². The monoisotopic (exact) mass is 511 g/mol. The summed E-state index contributed by atoms with van der Waals surface area (Å²) in [5.74, 6) is -3.38. The number of halogens is 2. The molecule has 0 amide bonds. The summed E-state index contributed by atoms with van der Waals surface area (Å²) in [5.41, 5.74) is 1.20. The zero-order chi connectivity index (χ0) is 27.1. The lowest BCUT2D eigenvalue weighted by Gasteiger charge is -2.27. The lowest BCUT2D eigenvalue weighted by molar-refractivity contribution is -0.154. The van der Waals surface area contributed by atoms with Crippen molar-refractivity contribution in [3.63, 3.8) is 0 Å². The van der Waals surface area contributed by atoms with Crippen molar-refractivity contribution in [3.05, 3.63) is 89.2 Å². The number of benzene rings is 2. The summed E-state index contributed by atoms with van der Waals surface area (Å²) in [7, 11) is 1.36. The van der Waals surface area contributed by atoms with Gasteiger partial charge in [0.1, 0.15) is 17.7 Å². The molecule has 8 heteroatoms. The highest BCUT2D eigenvalue weighted by molar-refractivity contribution is 5.99.